The zero-order valence-electron chi connectivity index (χ0n) is 9.07. The first-order valence-electron chi connectivity index (χ1n) is 5.33. The maximum Gasteiger partial charge on any atom is 0.117 e. The molecule has 1 heterocycles. The highest BCUT2D eigenvalue weighted by molar-refractivity contribution is 5.62. The van der Waals surface area contributed by atoms with Crippen molar-refractivity contribution in [3.8, 4) is 5.75 Å². The Bertz CT molecular complexity index is 363. The van der Waals surface area contributed by atoms with E-state index in [-0.39, 0.29) is 18.4 Å². The van der Waals surface area contributed by atoms with Crippen LogP contribution in [0.2, 0.25) is 0 Å². The summed E-state index contributed by atoms with van der Waals surface area (Å²) in [6, 6.07) is 5.44. The minimum Gasteiger partial charge on any atom is -0.508 e. The maximum atomic E-state index is 9.38. The van der Waals surface area contributed by atoms with Gasteiger partial charge in [0.25, 0.3) is 0 Å². The molecule has 0 aromatic heterocycles. The zero-order valence-corrected chi connectivity index (χ0v) is 9.07. The van der Waals surface area contributed by atoms with Crippen LogP contribution in [0.25, 0.3) is 0 Å². The molecule has 1 aliphatic heterocycles. The smallest absolute Gasteiger partial charge is 0.117 e. The molecule has 1 aliphatic rings. The molecule has 3 heteroatoms. The Morgan fingerprint density at radius 3 is 2.73 bits per heavy atom. The van der Waals surface area contributed by atoms with Crippen molar-refractivity contribution in [2.75, 3.05) is 11.9 Å². The summed E-state index contributed by atoms with van der Waals surface area (Å²) in [5.74, 6) is 1.06. The van der Waals surface area contributed by atoms with Crippen molar-refractivity contribution in [1.29, 1.82) is 0 Å². The van der Waals surface area contributed by atoms with Crippen molar-refractivity contribution in [3.05, 3.63) is 23.8 Å². The number of phenolic OH excluding ortho intramolecular Hbond substituents is 1. The third kappa shape index (κ3) is 1.67. The van der Waals surface area contributed by atoms with Crippen LogP contribution in [0.4, 0.5) is 5.69 Å². The fourth-order valence-corrected chi connectivity index (χ4v) is 2.45. The Hall–Kier alpha value is -1.22. The number of fused-ring (bicyclic) bond motifs is 1. The van der Waals surface area contributed by atoms with Crippen LogP contribution in [-0.4, -0.2) is 22.9 Å². The Morgan fingerprint density at radius 2 is 2.13 bits per heavy atom. The normalized spacial score (nSPS) is 24.0. The average molecular weight is 207 g/mol. The van der Waals surface area contributed by atoms with E-state index in [9.17, 15) is 10.2 Å². The highest BCUT2D eigenvalue weighted by Crippen LogP contribution is 2.41. The molecule has 1 aromatic carbocycles. The van der Waals surface area contributed by atoms with Crippen LogP contribution in [0.1, 0.15) is 25.3 Å². The number of nitrogens with one attached hydrogen (secondary N) is 1. The summed E-state index contributed by atoms with van der Waals surface area (Å²) in [5, 5.41) is 21.9. The van der Waals surface area contributed by atoms with E-state index < -0.39 is 0 Å². The second kappa shape index (κ2) is 3.74. The van der Waals surface area contributed by atoms with Crippen LogP contribution in [0.5, 0.6) is 5.75 Å². The first-order chi connectivity index (χ1) is 7.13. The molecule has 0 bridgehead atoms. The molecule has 2 atom stereocenters. The monoisotopic (exact) mass is 207 g/mol. The Morgan fingerprint density at radius 1 is 1.40 bits per heavy atom. The van der Waals surface area contributed by atoms with Crippen LogP contribution in [0.3, 0.4) is 0 Å². The standard InChI is InChI=1S/C12H17NO2/c1-7(2)12-9-4-3-8(15)5-10(9)13-11(12)6-14/h3-5,7,11-15H,6H2,1-2H3. The van der Waals surface area contributed by atoms with Gasteiger partial charge in [0.15, 0.2) is 0 Å². The number of aliphatic hydroxyl groups is 1. The SMILES string of the molecule is CC(C)C1c2ccc(O)cc2NC1CO. The van der Waals surface area contributed by atoms with Gasteiger partial charge >= 0.3 is 0 Å². The fraction of sp³-hybridized carbons (Fsp3) is 0.500. The van der Waals surface area contributed by atoms with Crippen LogP contribution >= 0.6 is 0 Å². The number of hydrogen-bond acceptors (Lipinski definition) is 3. The molecular formula is C12H17NO2. The van der Waals surface area contributed by atoms with Gasteiger partial charge in [-0.25, -0.2) is 0 Å². The minimum absolute atomic E-state index is 0.0711. The number of aliphatic hydroxyl groups excluding tert-OH is 1. The molecule has 0 spiro atoms. The van der Waals surface area contributed by atoms with E-state index in [1.54, 1.807) is 12.1 Å². The van der Waals surface area contributed by atoms with Crippen molar-refractivity contribution in [2.45, 2.75) is 25.8 Å². The van der Waals surface area contributed by atoms with E-state index in [0.717, 1.165) is 5.69 Å². The highest BCUT2D eigenvalue weighted by atomic mass is 16.3. The molecule has 82 valence electrons. The number of phenols is 1. The maximum absolute atomic E-state index is 9.38. The molecule has 3 N–H and O–H groups in total. The second-order valence-corrected chi connectivity index (χ2v) is 4.47. The Kier molecular flexibility index (Phi) is 2.57. The summed E-state index contributed by atoms with van der Waals surface area (Å²) in [7, 11) is 0. The van der Waals surface area contributed by atoms with Gasteiger partial charge in [0.05, 0.1) is 12.6 Å². The van der Waals surface area contributed by atoms with Crippen LogP contribution in [0.15, 0.2) is 18.2 Å². The fourth-order valence-electron chi connectivity index (χ4n) is 2.45. The van der Waals surface area contributed by atoms with Gasteiger partial charge in [-0.3, -0.25) is 0 Å². The van der Waals surface area contributed by atoms with Gasteiger partial charge in [-0.2, -0.15) is 0 Å². The van der Waals surface area contributed by atoms with Crippen LogP contribution < -0.4 is 5.32 Å². The number of aromatic hydroxyl groups is 1. The largest absolute Gasteiger partial charge is 0.508 e. The molecule has 2 rings (SSSR count). The summed E-state index contributed by atoms with van der Waals surface area (Å²) in [6.07, 6.45) is 0. The van der Waals surface area contributed by atoms with E-state index in [1.807, 2.05) is 6.07 Å². The molecule has 1 aromatic rings. The van der Waals surface area contributed by atoms with E-state index in [4.69, 9.17) is 0 Å². The zero-order chi connectivity index (χ0) is 11.0. The number of benzene rings is 1. The van der Waals surface area contributed by atoms with Gasteiger partial charge in [0.2, 0.25) is 0 Å². The summed E-state index contributed by atoms with van der Waals surface area (Å²) in [5.41, 5.74) is 2.15. The van der Waals surface area contributed by atoms with Gasteiger partial charge < -0.3 is 15.5 Å². The van der Waals surface area contributed by atoms with E-state index >= 15 is 0 Å². The summed E-state index contributed by atoms with van der Waals surface area (Å²) < 4.78 is 0. The first kappa shape index (κ1) is 10.3. The second-order valence-electron chi connectivity index (χ2n) is 4.47. The molecule has 0 saturated heterocycles. The van der Waals surface area contributed by atoms with E-state index in [0.29, 0.717) is 11.8 Å². The number of anilines is 1. The summed E-state index contributed by atoms with van der Waals surface area (Å²) >= 11 is 0. The van der Waals surface area contributed by atoms with Gasteiger partial charge in [-0.1, -0.05) is 19.9 Å². The van der Waals surface area contributed by atoms with Crippen molar-refractivity contribution >= 4 is 5.69 Å². The predicted octanol–water partition coefficient (Wildman–Crippen LogP) is 1.92. The Labute approximate surface area is 89.8 Å². The predicted molar refractivity (Wildman–Crippen MR) is 60.2 cm³/mol. The molecule has 0 radical (unpaired) electrons. The van der Waals surface area contributed by atoms with Crippen molar-refractivity contribution in [3.63, 3.8) is 0 Å². The molecule has 0 amide bonds. The molecule has 2 unspecified atom stereocenters. The van der Waals surface area contributed by atoms with Gasteiger partial charge in [0, 0.05) is 17.7 Å². The Balaban J connectivity index is 2.40. The number of rotatable bonds is 2. The van der Waals surface area contributed by atoms with Crippen molar-refractivity contribution in [2.24, 2.45) is 5.92 Å². The molecule has 0 aliphatic carbocycles. The van der Waals surface area contributed by atoms with E-state index in [2.05, 4.69) is 19.2 Å². The lowest BCUT2D eigenvalue weighted by atomic mass is 9.85. The summed E-state index contributed by atoms with van der Waals surface area (Å²) in [6.45, 7) is 4.42. The molecule has 0 fully saturated rings. The van der Waals surface area contributed by atoms with Gasteiger partial charge in [0.1, 0.15) is 5.75 Å². The lowest BCUT2D eigenvalue weighted by molar-refractivity contribution is 0.249. The first-order valence-corrected chi connectivity index (χ1v) is 5.33. The van der Waals surface area contributed by atoms with Crippen molar-refractivity contribution in [1.82, 2.24) is 0 Å². The molecule has 0 saturated carbocycles. The molecule has 15 heavy (non-hydrogen) atoms. The minimum atomic E-state index is 0.0711. The summed E-state index contributed by atoms with van der Waals surface area (Å²) in [4.78, 5) is 0. The van der Waals surface area contributed by atoms with E-state index in [1.165, 1.54) is 5.56 Å². The van der Waals surface area contributed by atoms with Crippen LogP contribution in [-0.2, 0) is 0 Å². The third-order valence-electron chi connectivity index (χ3n) is 3.09. The topological polar surface area (TPSA) is 52.5 Å². The average Bonchev–Trinajstić information content (AvgIpc) is 2.54. The van der Waals surface area contributed by atoms with Gasteiger partial charge in [-0.05, 0) is 17.5 Å². The highest BCUT2D eigenvalue weighted by Gasteiger charge is 2.33. The lowest BCUT2D eigenvalue weighted by Gasteiger charge is -2.21. The van der Waals surface area contributed by atoms with Gasteiger partial charge in [-0.15, -0.1) is 0 Å². The third-order valence-corrected chi connectivity index (χ3v) is 3.09. The number of hydrogen-bond donors (Lipinski definition) is 3. The molecular weight excluding hydrogens is 190 g/mol. The van der Waals surface area contributed by atoms with Crippen LogP contribution in [0, 0.1) is 5.92 Å². The quantitative estimate of drug-likeness (QED) is 0.694. The lowest BCUT2D eigenvalue weighted by Crippen LogP contribution is -2.27. The molecule has 3 nitrogen and oxygen atoms in total. The van der Waals surface area contributed by atoms with Crippen molar-refractivity contribution < 1.29 is 10.2 Å².